The predicted octanol–water partition coefficient (Wildman–Crippen LogP) is 4.21. The number of rotatable bonds is 7. The molecule has 1 N–H and O–H groups in total. The number of nitrogens with zero attached hydrogens (tertiary/aromatic N) is 3. The van der Waals surface area contributed by atoms with E-state index in [-0.39, 0.29) is 12.5 Å². The molecule has 6 heteroatoms. The molecule has 4 rings (SSSR count). The summed E-state index contributed by atoms with van der Waals surface area (Å²) < 4.78 is 7.82. The SMILES string of the molecule is CC(C)Cc1nnc(-c2cc3ccccc3n2CC(=O)NCc2ccccc2)o1. The van der Waals surface area contributed by atoms with Crippen LogP contribution in [-0.4, -0.2) is 20.7 Å². The van der Waals surface area contributed by atoms with E-state index < -0.39 is 0 Å². The molecule has 0 aliphatic carbocycles. The topological polar surface area (TPSA) is 73.0 Å². The minimum absolute atomic E-state index is 0.0709. The monoisotopic (exact) mass is 388 g/mol. The van der Waals surface area contributed by atoms with Gasteiger partial charge in [0.2, 0.25) is 11.8 Å². The van der Waals surface area contributed by atoms with E-state index in [1.165, 1.54) is 0 Å². The third-order valence-corrected chi connectivity index (χ3v) is 4.71. The van der Waals surface area contributed by atoms with E-state index in [9.17, 15) is 4.79 Å². The number of carbonyl (C=O) groups excluding carboxylic acids is 1. The second-order valence-corrected chi connectivity index (χ2v) is 7.54. The largest absolute Gasteiger partial charge is 0.419 e. The Kier molecular flexibility index (Phi) is 5.42. The van der Waals surface area contributed by atoms with Gasteiger partial charge in [0.15, 0.2) is 0 Å². The number of hydrogen-bond acceptors (Lipinski definition) is 4. The fraction of sp³-hybridized carbons (Fsp3) is 0.261. The Labute approximate surface area is 169 Å². The van der Waals surface area contributed by atoms with Crippen molar-refractivity contribution < 1.29 is 9.21 Å². The zero-order valence-corrected chi connectivity index (χ0v) is 16.6. The zero-order chi connectivity index (χ0) is 20.2. The van der Waals surface area contributed by atoms with Gasteiger partial charge in [-0.25, -0.2) is 0 Å². The Morgan fingerprint density at radius 1 is 1.07 bits per heavy atom. The van der Waals surface area contributed by atoms with Crippen LogP contribution in [0.5, 0.6) is 0 Å². The van der Waals surface area contributed by atoms with E-state index in [0.717, 1.165) is 28.6 Å². The summed E-state index contributed by atoms with van der Waals surface area (Å²) in [5.41, 5.74) is 2.78. The third kappa shape index (κ3) is 4.37. The summed E-state index contributed by atoms with van der Waals surface area (Å²) in [5.74, 6) is 1.41. The molecule has 2 aromatic heterocycles. The average molecular weight is 388 g/mol. The highest BCUT2D eigenvalue weighted by Gasteiger charge is 2.18. The van der Waals surface area contributed by atoms with Crippen LogP contribution in [0.3, 0.4) is 0 Å². The first-order chi connectivity index (χ1) is 14.1. The van der Waals surface area contributed by atoms with Gasteiger partial charge in [0, 0.05) is 23.9 Å². The molecule has 148 valence electrons. The van der Waals surface area contributed by atoms with E-state index in [0.29, 0.717) is 24.2 Å². The van der Waals surface area contributed by atoms with Crippen LogP contribution < -0.4 is 5.32 Å². The number of carbonyl (C=O) groups is 1. The Hall–Kier alpha value is -3.41. The predicted molar refractivity (Wildman–Crippen MR) is 112 cm³/mol. The first-order valence-electron chi connectivity index (χ1n) is 9.82. The molecule has 0 aliphatic heterocycles. The van der Waals surface area contributed by atoms with Gasteiger partial charge in [-0.15, -0.1) is 10.2 Å². The summed E-state index contributed by atoms with van der Waals surface area (Å²) in [5, 5.41) is 12.4. The number of hydrogen-bond donors (Lipinski definition) is 1. The lowest BCUT2D eigenvalue weighted by atomic mass is 10.1. The Morgan fingerprint density at radius 3 is 2.62 bits per heavy atom. The highest BCUT2D eigenvalue weighted by Crippen LogP contribution is 2.28. The van der Waals surface area contributed by atoms with E-state index >= 15 is 0 Å². The fourth-order valence-corrected chi connectivity index (χ4v) is 3.34. The molecule has 0 bridgehead atoms. The maximum atomic E-state index is 12.7. The molecule has 0 spiro atoms. The molecule has 0 saturated carbocycles. The summed E-state index contributed by atoms with van der Waals surface area (Å²) in [6.45, 7) is 4.89. The van der Waals surface area contributed by atoms with Gasteiger partial charge in [0.05, 0.1) is 0 Å². The van der Waals surface area contributed by atoms with Crippen LogP contribution in [-0.2, 0) is 24.3 Å². The summed E-state index contributed by atoms with van der Waals surface area (Å²) in [6, 6.07) is 19.8. The molecule has 2 heterocycles. The Morgan fingerprint density at radius 2 is 1.83 bits per heavy atom. The van der Waals surface area contributed by atoms with Crippen molar-refractivity contribution in [1.29, 1.82) is 0 Å². The van der Waals surface area contributed by atoms with Crippen LogP contribution in [0.1, 0.15) is 25.3 Å². The summed E-state index contributed by atoms with van der Waals surface area (Å²) in [4.78, 5) is 12.7. The lowest BCUT2D eigenvalue weighted by Crippen LogP contribution is -2.27. The minimum atomic E-state index is -0.0709. The molecule has 6 nitrogen and oxygen atoms in total. The average Bonchev–Trinajstić information content (AvgIpc) is 3.31. The van der Waals surface area contributed by atoms with Gasteiger partial charge in [-0.2, -0.15) is 0 Å². The lowest BCUT2D eigenvalue weighted by molar-refractivity contribution is -0.121. The summed E-state index contributed by atoms with van der Waals surface area (Å²) in [6.07, 6.45) is 0.727. The summed E-state index contributed by atoms with van der Waals surface area (Å²) >= 11 is 0. The number of nitrogens with one attached hydrogen (secondary N) is 1. The van der Waals surface area contributed by atoms with Crippen molar-refractivity contribution in [3.05, 3.63) is 72.1 Å². The van der Waals surface area contributed by atoms with Gasteiger partial charge < -0.3 is 14.3 Å². The highest BCUT2D eigenvalue weighted by molar-refractivity contribution is 5.88. The highest BCUT2D eigenvalue weighted by atomic mass is 16.4. The Balaban J connectivity index is 1.60. The molecular weight excluding hydrogens is 364 g/mol. The molecule has 2 aromatic carbocycles. The molecular formula is C23H24N4O2. The van der Waals surface area contributed by atoms with E-state index in [4.69, 9.17) is 4.42 Å². The van der Waals surface area contributed by atoms with Crippen molar-refractivity contribution in [2.45, 2.75) is 33.4 Å². The molecule has 0 atom stereocenters. The standard InChI is InChI=1S/C23H24N4O2/c1-16(2)12-22-25-26-23(29-22)20-13-18-10-6-7-11-19(18)27(20)15-21(28)24-14-17-8-4-3-5-9-17/h3-11,13,16H,12,14-15H2,1-2H3,(H,24,28). The molecule has 4 aromatic rings. The van der Waals surface area contributed by atoms with Gasteiger partial charge in [-0.1, -0.05) is 62.4 Å². The van der Waals surface area contributed by atoms with Crippen molar-refractivity contribution in [3.63, 3.8) is 0 Å². The number of fused-ring (bicyclic) bond motifs is 1. The third-order valence-electron chi connectivity index (χ3n) is 4.71. The van der Waals surface area contributed by atoms with Crippen molar-refractivity contribution in [2.75, 3.05) is 0 Å². The molecule has 0 unspecified atom stereocenters. The normalized spacial score (nSPS) is 11.3. The van der Waals surface area contributed by atoms with Crippen molar-refractivity contribution in [1.82, 2.24) is 20.1 Å². The Bertz CT molecular complexity index is 1110. The second-order valence-electron chi connectivity index (χ2n) is 7.54. The fourth-order valence-electron chi connectivity index (χ4n) is 3.34. The smallest absolute Gasteiger partial charge is 0.264 e. The molecule has 0 radical (unpaired) electrons. The van der Waals surface area contributed by atoms with Gasteiger partial charge in [-0.3, -0.25) is 4.79 Å². The maximum absolute atomic E-state index is 12.7. The van der Waals surface area contributed by atoms with E-state index in [2.05, 4.69) is 29.4 Å². The van der Waals surface area contributed by atoms with Crippen molar-refractivity contribution in [2.24, 2.45) is 5.92 Å². The summed E-state index contributed by atoms with van der Waals surface area (Å²) in [7, 11) is 0. The van der Waals surface area contributed by atoms with Crippen molar-refractivity contribution >= 4 is 16.8 Å². The number of para-hydroxylation sites is 1. The molecule has 29 heavy (non-hydrogen) atoms. The van der Waals surface area contributed by atoms with Crippen LogP contribution in [0.2, 0.25) is 0 Å². The van der Waals surface area contributed by atoms with Crippen LogP contribution >= 0.6 is 0 Å². The second kappa shape index (κ2) is 8.31. The van der Waals surface area contributed by atoms with Crippen LogP contribution in [0.4, 0.5) is 0 Å². The minimum Gasteiger partial charge on any atom is -0.419 e. The first-order valence-corrected chi connectivity index (χ1v) is 9.82. The van der Waals surface area contributed by atoms with E-state index in [1.807, 2.05) is 65.2 Å². The number of aromatic nitrogens is 3. The number of benzene rings is 2. The molecule has 1 amide bonds. The van der Waals surface area contributed by atoms with Gasteiger partial charge in [0.1, 0.15) is 12.2 Å². The van der Waals surface area contributed by atoms with Crippen molar-refractivity contribution in [3.8, 4) is 11.6 Å². The van der Waals surface area contributed by atoms with Gasteiger partial charge in [0.25, 0.3) is 5.89 Å². The van der Waals surface area contributed by atoms with Crippen LogP contribution in [0, 0.1) is 5.92 Å². The van der Waals surface area contributed by atoms with Crippen LogP contribution in [0.25, 0.3) is 22.5 Å². The molecule has 0 fully saturated rings. The number of amides is 1. The van der Waals surface area contributed by atoms with Gasteiger partial charge >= 0.3 is 0 Å². The van der Waals surface area contributed by atoms with Gasteiger partial charge in [-0.05, 0) is 23.6 Å². The van der Waals surface area contributed by atoms with Crippen LogP contribution in [0.15, 0.2) is 65.1 Å². The zero-order valence-electron chi connectivity index (χ0n) is 16.6. The lowest BCUT2D eigenvalue weighted by Gasteiger charge is -2.10. The molecule has 0 aliphatic rings. The quantitative estimate of drug-likeness (QED) is 0.515. The van der Waals surface area contributed by atoms with E-state index in [1.54, 1.807) is 0 Å². The first kappa shape index (κ1) is 18.9. The molecule has 0 saturated heterocycles. The maximum Gasteiger partial charge on any atom is 0.264 e.